The molecule has 19 heavy (non-hydrogen) atoms. The molecule has 2 unspecified atom stereocenters. The number of nitrogens with zero attached hydrogens (tertiary/aromatic N) is 2. The fourth-order valence-electron chi connectivity index (χ4n) is 2.07. The molecule has 102 valence electrons. The number of aromatic nitrogens is 2. The summed E-state index contributed by atoms with van der Waals surface area (Å²) in [4.78, 5) is 4.45. The maximum absolute atomic E-state index is 4.45. The molecule has 0 radical (unpaired) electrons. The topological polar surface area (TPSA) is 37.8 Å². The van der Waals surface area contributed by atoms with Crippen molar-refractivity contribution in [3.05, 3.63) is 41.7 Å². The Bertz CT molecular complexity index is 498. The summed E-state index contributed by atoms with van der Waals surface area (Å²) in [6.45, 7) is 4.16. The third-order valence-electron chi connectivity index (χ3n) is 3.00. The highest BCUT2D eigenvalue weighted by Gasteiger charge is 2.22. The second kappa shape index (κ2) is 7.03. The predicted molar refractivity (Wildman–Crippen MR) is 82.8 cm³/mol. The molecule has 2 atom stereocenters. The second-order valence-corrected chi connectivity index (χ2v) is 6.59. The lowest BCUT2D eigenvalue weighted by Gasteiger charge is -2.25. The lowest BCUT2D eigenvalue weighted by atomic mass is 10.0. The van der Waals surface area contributed by atoms with Gasteiger partial charge < -0.3 is 5.32 Å². The van der Waals surface area contributed by atoms with E-state index in [0.717, 1.165) is 16.6 Å². The molecule has 0 saturated carbocycles. The van der Waals surface area contributed by atoms with E-state index in [2.05, 4.69) is 51.9 Å². The highest BCUT2D eigenvalue weighted by molar-refractivity contribution is 8.01. The molecule has 2 rings (SSSR count). The normalized spacial score (nSPS) is 14.3. The monoisotopic (exact) mass is 293 g/mol. The van der Waals surface area contributed by atoms with Crippen LogP contribution in [0.5, 0.6) is 0 Å². The van der Waals surface area contributed by atoms with E-state index in [1.807, 2.05) is 25.7 Å². The Morgan fingerprint density at radius 3 is 2.58 bits per heavy atom. The summed E-state index contributed by atoms with van der Waals surface area (Å²) in [6, 6.07) is 10.9. The van der Waals surface area contributed by atoms with Crippen molar-refractivity contribution in [2.24, 2.45) is 0 Å². The Balaban J connectivity index is 2.15. The van der Waals surface area contributed by atoms with Gasteiger partial charge in [0.05, 0.1) is 0 Å². The fourth-order valence-corrected chi connectivity index (χ4v) is 4.19. The first kappa shape index (κ1) is 14.5. The minimum Gasteiger partial charge on any atom is -0.312 e. The number of rotatable bonds is 6. The van der Waals surface area contributed by atoms with E-state index in [0.29, 0.717) is 11.3 Å². The molecular formula is C14H19N3S2. The van der Waals surface area contributed by atoms with Gasteiger partial charge in [-0.3, -0.25) is 0 Å². The Hall–Kier alpha value is -0.910. The molecule has 0 amide bonds. The molecule has 0 fully saturated rings. The van der Waals surface area contributed by atoms with Gasteiger partial charge in [-0.1, -0.05) is 49.0 Å². The van der Waals surface area contributed by atoms with Crippen LogP contribution >= 0.6 is 23.3 Å². The fraction of sp³-hybridized carbons (Fsp3) is 0.429. The summed E-state index contributed by atoms with van der Waals surface area (Å²) in [5.74, 6) is 0.864. The van der Waals surface area contributed by atoms with Crippen LogP contribution in [0.15, 0.2) is 34.7 Å². The van der Waals surface area contributed by atoms with Gasteiger partial charge in [0.25, 0.3) is 0 Å². The minimum atomic E-state index is 0.334. The molecule has 0 aliphatic carbocycles. The zero-order valence-electron chi connectivity index (χ0n) is 11.5. The summed E-state index contributed by atoms with van der Waals surface area (Å²) in [5.41, 5.74) is 1.32. The number of thioether (sulfide) groups is 1. The van der Waals surface area contributed by atoms with Crippen LogP contribution in [0.25, 0.3) is 0 Å². The number of nitrogens with one attached hydrogen (secondary N) is 1. The largest absolute Gasteiger partial charge is 0.312 e. The molecule has 0 bridgehead atoms. The Morgan fingerprint density at radius 2 is 2.05 bits per heavy atom. The predicted octanol–water partition coefficient (Wildman–Crippen LogP) is 3.68. The summed E-state index contributed by atoms with van der Waals surface area (Å²) in [6.07, 6.45) is 1.09. The van der Waals surface area contributed by atoms with Gasteiger partial charge in [0, 0.05) is 11.3 Å². The van der Waals surface area contributed by atoms with Crippen LogP contribution in [-0.4, -0.2) is 21.7 Å². The Kier molecular flexibility index (Phi) is 5.36. The standard InChI is InChI=1S/C14H19N3S2/c1-4-12(18-14-16-10(2)17-19-14)13(15-3)11-8-6-5-7-9-11/h5-9,12-13,15H,4H2,1-3H3. The quantitative estimate of drug-likeness (QED) is 0.825. The van der Waals surface area contributed by atoms with Crippen molar-refractivity contribution < 1.29 is 0 Å². The van der Waals surface area contributed by atoms with Crippen molar-refractivity contribution in [1.82, 2.24) is 14.7 Å². The zero-order valence-corrected chi connectivity index (χ0v) is 13.1. The van der Waals surface area contributed by atoms with E-state index in [1.165, 1.54) is 17.1 Å². The van der Waals surface area contributed by atoms with Crippen LogP contribution in [0.2, 0.25) is 0 Å². The number of aryl methyl sites for hydroxylation is 1. The van der Waals surface area contributed by atoms with Crippen molar-refractivity contribution in [2.45, 2.75) is 35.9 Å². The van der Waals surface area contributed by atoms with Crippen LogP contribution in [-0.2, 0) is 0 Å². The molecule has 0 aliphatic heterocycles. The van der Waals surface area contributed by atoms with Crippen molar-refractivity contribution in [1.29, 1.82) is 0 Å². The van der Waals surface area contributed by atoms with Crippen molar-refractivity contribution in [2.75, 3.05) is 7.05 Å². The van der Waals surface area contributed by atoms with E-state index in [9.17, 15) is 0 Å². The molecule has 0 aliphatic rings. The highest BCUT2D eigenvalue weighted by atomic mass is 32.2. The lowest BCUT2D eigenvalue weighted by Crippen LogP contribution is -2.26. The molecule has 3 nitrogen and oxygen atoms in total. The first-order chi connectivity index (χ1) is 9.24. The van der Waals surface area contributed by atoms with E-state index < -0.39 is 0 Å². The molecule has 5 heteroatoms. The third kappa shape index (κ3) is 3.78. The molecule has 1 N–H and O–H groups in total. The van der Waals surface area contributed by atoms with Crippen LogP contribution in [0, 0.1) is 6.92 Å². The Labute approximate surface area is 123 Å². The smallest absolute Gasteiger partial charge is 0.170 e. The molecule has 0 saturated heterocycles. The maximum Gasteiger partial charge on any atom is 0.170 e. The molecule has 2 aromatic rings. The first-order valence-electron chi connectivity index (χ1n) is 6.43. The van der Waals surface area contributed by atoms with Crippen molar-refractivity contribution in [3.8, 4) is 0 Å². The van der Waals surface area contributed by atoms with Gasteiger partial charge in [0.2, 0.25) is 0 Å². The van der Waals surface area contributed by atoms with Crippen molar-refractivity contribution in [3.63, 3.8) is 0 Å². The Morgan fingerprint density at radius 1 is 1.32 bits per heavy atom. The molecule has 0 spiro atoms. The molecule has 1 heterocycles. The number of hydrogen-bond donors (Lipinski definition) is 1. The summed E-state index contributed by atoms with van der Waals surface area (Å²) in [7, 11) is 2.02. The van der Waals surface area contributed by atoms with E-state index in [-0.39, 0.29) is 0 Å². The van der Waals surface area contributed by atoms with E-state index in [1.54, 1.807) is 0 Å². The van der Waals surface area contributed by atoms with Crippen LogP contribution in [0.1, 0.15) is 30.8 Å². The first-order valence-corrected chi connectivity index (χ1v) is 8.09. The summed E-state index contributed by atoms with van der Waals surface area (Å²) < 4.78 is 5.31. The van der Waals surface area contributed by atoms with Gasteiger partial charge >= 0.3 is 0 Å². The van der Waals surface area contributed by atoms with E-state index in [4.69, 9.17) is 0 Å². The minimum absolute atomic E-state index is 0.334. The number of hydrogen-bond acceptors (Lipinski definition) is 5. The van der Waals surface area contributed by atoms with Gasteiger partial charge in [-0.2, -0.15) is 4.37 Å². The van der Waals surface area contributed by atoms with Crippen LogP contribution in [0.3, 0.4) is 0 Å². The van der Waals surface area contributed by atoms with Gasteiger partial charge in [-0.15, -0.1) is 0 Å². The molecule has 1 aromatic heterocycles. The van der Waals surface area contributed by atoms with Crippen LogP contribution in [0.4, 0.5) is 0 Å². The molecular weight excluding hydrogens is 274 g/mol. The second-order valence-electron chi connectivity index (χ2n) is 4.35. The maximum atomic E-state index is 4.45. The van der Waals surface area contributed by atoms with Crippen molar-refractivity contribution >= 4 is 23.3 Å². The summed E-state index contributed by atoms with van der Waals surface area (Å²) in [5, 5.41) is 3.89. The van der Waals surface area contributed by atoms with E-state index >= 15 is 0 Å². The third-order valence-corrected chi connectivity index (χ3v) is 5.32. The zero-order chi connectivity index (χ0) is 13.7. The van der Waals surface area contributed by atoms with Gasteiger partial charge in [0.1, 0.15) is 5.82 Å². The summed E-state index contributed by atoms with van der Waals surface area (Å²) >= 11 is 3.31. The SMILES string of the molecule is CCC(Sc1nc(C)ns1)C(NC)c1ccccc1. The van der Waals surface area contributed by atoms with Gasteiger partial charge in [-0.05, 0) is 37.5 Å². The average Bonchev–Trinajstić information content (AvgIpc) is 2.85. The lowest BCUT2D eigenvalue weighted by molar-refractivity contribution is 0.555. The van der Waals surface area contributed by atoms with Gasteiger partial charge in [-0.25, -0.2) is 4.98 Å². The highest BCUT2D eigenvalue weighted by Crippen LogP contribution is 2.34. The van der Waals surface area contributed by atoms with Gasteiger partial charge in [0.15, 0.2) is 4.34 Å². The average molecular weight is 293 g/mol. The number of benzene rings is 1. The molecule has 1 aromatic carbocycles. The van der Waals surface area contributed by atoms with Crippen LogP contribution < -0.4 is 5.32 Å².